The first-order valence-corrected chi connectivity index (χ1v) is 7.31. The molecule has 0 unspecified atom stereocenters. The number of nitrogens with one attached hydrogen (secondary N) is 2. The number of likely N-dealkylation sites (tertiary alicyclic amines) is 1. The summed E-state index contributed by atoms with van der Waals surface area (Å²) in [4.78, 5) is 18.0. The van der Waals surface area contributed by atoms with Crippen LogP contribution in [0.3, 0.4) is 0 Å². The molecule has 1 amide bonds. The first kappa shape index (κ1) is 15.3. The second-order valence-corrected chi connectivity index (χ2v) is 5.23. The van der Waals surface area contributed by atoms with E-state index >= 15 is 0 Å². The molecule has 1 aliphatic rings. The van der Waals surface area contributed by atoms with Gasteiger partial charge in [-0.05, 0) is 31.9 Å². The number of amides is 1. The van der Waals surface area contributed by atoms with E-state index in [1.54, 1.807) is 12.1 Å². The van der Waals surface area contributed by atoms with Gasteiger partial charge in [-0.2, -0.15) is 5.26 Å². The Morgan fingerprint density at radius 3 is 3.00 bits per heavy atom. The third kappa shape index (κ3) is 4.43. The lowest BCUT2D eigenvalue weighted by Gasteiger charge is -2.21. The second-order valence-electron chi connectivity index (χ2n) is 5.23. The molecule has 1 aromatic rings. The summed E-state index contributed by atoms with van der Waals surface area (Å²) in [6, 6.07) is 5.90. The highest BCUT2D eigenvalue weighted by Crippen LogP contribution is 2.15. The van der Waals surface area contributed by atoms with Crippen molar-refractivity contribution in [3.63, 3.8) is 0 Å². The molecule has 112 valence electrons. The molecule has 6 heteroatoms. The molecule has 0 bridgehead atoms. The Bertz CT molecular complexity index is 508. The normalized spacial score (nSPS) is 17.5. The van der Waals surface area contributed by atoms with Crippen molar-refractivity contribution in [2.75, 3.05) is 31.5 Å². The molecular weight excluding hydrogens is 266 g/mol. The van der Waals surface area contributed by atoms with Crippen molar-refractivity contribution in [2.24, 2.45) is 0 Å². The van der Waals surface area contributed by atoms with Crippen molar-refractivity contribution in [2.45, 2.75) is 25.8 Å². The van der Waals surface area contributed by atoms with Crippen LogP contribution in [-0.2, 0) is 4.79 Å². The standard InChI is InChI=1S/C15H21N5O/c1-12-3-2-8-20(12)15(21)11-17-6-7-18-14-5-4-13(9-16)10-19-14/h4-5,10,12,17H,2-3,6-8,11H2,1H3,(H,18,19)/t12-/m0/s1. The van der Waals surface area contributed by atoms with Gasteiger partial charge in [0.15, 0.2) is 0 Å². The van der Waals surface area contributed by atoms with Crippen molar-refractivity contribution < 1.29 is 4.79 Å². The van der Waals surface area contributed by atoms with E-state index in [-0.39, 0.29) is 5.91 Å². The molecular formula is C15H21N5O. The van der Waals surface area contributed by atoms with Crippen LogP contribution in [0.4, 0.5) is 5.82 Å². The van der Waals surface area contributed by atoms with Crippen LogP contribution < -0.4 is 10.6 Å². The van der Waals surface area contributed by atoms with Gasteiger partial charge in [-0.1, -0.05) is 0 Å². The Morgan fingerprint density at radius 1 is 1.52 bits per heavy atom. The average Bonchev–Trinajstić information content (AvgIpc) is 2.93. The molecule has 0 saturated carbocycles. The number of anilines is 1. The third-order valence-electron chi connectivity index (χ3n) is 3.65. The number of pyridine rings is 1. The third-order valence-corrected chi connectivity index (χ3v) is 3.65. The van der Waals surface area contributed by atoms with Crippen molar-refractivity contribution in [1.29, 1.82) is 5.26 Å². The van der Waals surface area contributed by atoms with Crippen LogP contribution in [-0.4, -0.2) is 48.0 Å². The van der Waals surface area contributed by atoms with Gasteiger partial charge in [-0.3, -0.25) is 4.79 Å². The number of carbonyl (C=O) groups is 1. The summed E-state index contributed by atoms with van der Waals surface area (Å²) in [5.74, 6) is 0.909. The number of carbonyl (C=O) groups excluding carboxylic acids is 1. The lowest BCUT2D eigenvalue weighted by Crippen LogP contribution is -2.40. The quantitative estimate of drug-likeness (QED) is 0.762. The van der Waals surface area contributed by atoms with E-state index in [1.807, 2.05) is 11.0 Å². The molecule has 0 radical (unpaired) electrons. The molecule has 2 heterocycles. The minimum atomic E-state index is 0.177. The lowest BCUT2D eigenvalue weighted by atomic mass is 10.2. The van der Waals surface area contributed by atoms with E-state index in [1.165, 1.54) is 6.20 Å². The van der Waals surface area contributed by atoms with Crippen molar-refractivity contribution in [3.05, 3.63) is 23.9 Å². The molecule has 1 saturated heterocycles. The van der Waals surface area contributed by atoms with E-state index in [0.717, 1.165) is 25.2 Å². The van der Waals surface area contributed by atoms with E-state index in [4.69, 9.17) is 5.26 Å². The molecule has 0 aliphatic carbocycles. The molecule has 0 spiro atoms. The Morgan fingerprint density at radius 2 is 2.38 bits per heavy atom. The Balaban J connectivity index is 1.61. The molecule has 0 aromatic carbocycles. The maximum absolute atomic E-state index is 12.0. The second kappa shape index (κ2) is 7.60. The summed E-state index contributed by atoms with van der Waals surface area (Å²) >= 11 is 0. The van der Waals surface area contributed by atoms with E-state index in [0.29, 0.717) is 31.2 Å². The van der Waals surface area contributed by atoms with Crippen LogP contribution in [0.25, 0.3) is 0 Å². The number of nitriles is 1. The van der Waals surface area contributed by atoms with Gasteiger partial charge in [0.25, 0.3) is 0 Å². The Hall–Kier alpha value is -2.13. The van der Waals surface area contributed by atoms with Crippen molar-refractivity contribution >= 4 is 11.7 Å². The van der Waals surface area contributed by atoms with Crippen LogP contribution in [0.2, 0.25) is 0 Å². The number of rotatable bonds is 6. The van der Waals surface area contributed by atoms with Crippen LogP contribution in [0.15, 0.2) is 18.3 Å². The van der Waals surface area contributed by atoms with Gasteiger partial charge in [0, 0.05) is 31.9 Å². The summed E-state index contributed by atoms with van der Waals surface area (Å²) in [7, 11) is 0. The fraction of sp³-hybridized carbons (Fsp3) is 0.533. The maximum Gasteiger partial charge on any atom is 0.236 e. The van der Waals surface area contributed by atoms with Gasteiger partial charge in [0.05, 0.1) is 12.1 Å². The molecule has 1 aromatic heterocycles. The predicted molar refractivity (Wildman–Crippen MR) is 80.7 cm³/mol. The molecule has 1 aliphatic heterocycles. The fourth-order valence-corrected chi connectivity index (χ4v) is 2.44. The molecule has 1 fully saturated rings. The van der Waals surface area contributed by atoms with Gasteiger partial charge in [0.2, 0.25) is 5.91 Å². The molecule has 1 atom stereocenters. The van der Waals surface area contributed by atoms with Crippen molar-refractivity contribution in [1.82, 2.24) is 15.2 Å². The first-order valence-electron chi connectivity index (χ1n) is 7.31. The number of aromatic nitrogens is 1. The average molecular weight is 287 g/mol. The fourth-order valence-electron chi connectivity index (χ4n) is 2.44. The highest BCUT2D eigenvalue weighted by Gasteiger charge is 2.24. The van der Waals surface area contributed by atoms with Crippen LogP contribution in [0, 0.1) is 11.3 Å². The van der Waals surface area contributed by atoms with Gasteiger partial charge >= 0.3 is 0 Å². The van der Waals surface area contributed by atoms with E-state index in [2.05, 4.69) is 22.5 Å². The van der Waals surface area contributed by atoms with Gasteiger partial charge in [0.1, 0.15) is 11.9 Å². The zero-order chi connectivity index (χ0) is 15.1. The van der Waals surface area contributed by atoms with Crippen LogP contribution in [0.5, 0.6) is 0 Å². The van der Waals surface area contributed by atoms with Crippen molar-refractivity contribution in [3.8, 4) is 6.07 Å². The lowest BCUT2D eigenvalue weighted by molar-refractivity contribution is -0.130. The molecule has 6 nitrogen and oxygen atoms in total. The molecule has 21 heavy (non-hydrogen) atoms. The predicted octanol–water partition coefficient (Wildman–Crippen LogP) is 0.966. The number of hydrogen-bond acceptors (Lipinski definition) is 5. The zero-order valence-electron chi connectivity index (χ0n) is 12.3. The topological polar surface area (TPSA) is 81.0 Å². The van der Waals surface area contributed by atoms with Gasteiger partial charge in [-0.15, -0.1) is 0 Å². The summed E-state index contributed by atoms with van der Waals surface area (Å²) in [6.07, 6.45) is 3.75. The number of nitrogens with zero attached hydrogens (tertiary/aromatic N) is 3. The van der Waals surface area contributed by atoms with Crippen LogP contribution >= 0.6 is 0 Å². The first-order chi connectivity index (χ1) is 10.2. The minimum absolute atomic E-state index is 0.177. The monoisotopic (exact) mass is 287 g/mol. The Labute approximate surface area is 125 Å². The summed E-state index contributed by atoms with van der Waals surface area (Å²) in [5.41, 5.74) is 0.545. The van der Waals surface area contributed by atoms with E-state index in [9.17, 15) is 4.79 Å². The Kier molecular flexibility index (Phi) is 5.52. The summed E-state index contributed by atoms with van der Waals surface area (Å²) in [5, 5.41) is 15.0. The minimum Gasteiger partial charge on any atom is -0.369 e. The maximum atomic E-state index is 12.0. The molecule has 2 rings (SSSR count). The largest absolute Gasteiger partial charge is 0.369 e. The van der Waals surface area contributed by atoms with Gasteiger partial charge in [-0.25, -0.2) is 4.98 Å². The highest BCUT2D eigenvalue weighted by molar-refractivity contribution is 5.78. The number of hydrogen-bond donors (Lipinski definition) is 2. The highest BCUT2D eigenvalue weighted by atomic mass is 16.2. The van der Waals surface area contributed by atoms with Gasteiger partial charge < -0.3 is 15.5 Å². The van der Waals surface area contributed by atoms with Crippen LogP contribution in [0.1, 0.15) is 25.3 Å². The SMILES string of the molecule is C[C@H]1CCCN1C(=O)CNCCNc1ccc(C#N)cn1. The van der Waals surface area contributed by atoms with E-state index < -0.39 is 0 Å². The summed E-state index contributed by atoms with van der Waals surface area (Å²) in [6.45, 7) is 4.74. The molecule has 2 N–H and O–H groups in total. The smallest absolute Gasteiger partial charge is 0.236 e. The zero-order valence-corrected chi connectivity index (χ0v) is 12.3. The summed E-state index contributed by atoms with van der Waals surface area (Å²) < 4.78 is 0.